The van der Waals surface area contributed by atoms with Gasteiger partial charge in [-0.25, -0.2) is 4.68 Å². The Morgan fingerprint density at radius 2 is 1.76 bits per heavy atom. The summed E-state index contributed by atoms with van der Waals surface area (Å²) in [7, 11) is 2.45. The van der Waals surface area contributed by atoms with Crippen LogP contribution in [0.15, 0.2) is 36.5 Å². The number of carbonyl (C=O) groups is 2. The number of ether oxygens (including phenoxy) is 2. The zero-order valence-electron chi connectivity index (χ0n) is 11.7. The van der Waals surface area contributed by atoms with Crippen molar-refractivity contribution in [3.63, 3.8) is 0 Å². The predicted octanol–water partition coefficient (Wildman–Crippen LogP) is 0.772. The van der Waals surface area contributed by atoms with Crippen LogP contribution in [0.5, 0.6) is 0 Å². The molecule has 0 spiro atoms. The van der Waals surface area contributed by atoms with Crippen molar-refractivity contribution in [2.75, 3.05) is 14.2 Å². The highest BCUT2D eigenvalue weighted by Gasteiger charge is 2.30. The topological polar surface area (TPSA) is 83.3 Å². The molecule has 0 fully saturated rings. The van der Waals surface area contributed by atoms with Crippen LogP contribution in [-0.4, -0.2) is 41.2 Å². The van der Waals surface area contributed by atoms with Crippen LogP contribution in [0.2, 0.25) is 0 Å². The average molecular weight is 289 g/mol. The Morgan fingerprint density at radius 3 is 2.33 bits per heavy atom. The van der Waals surface area contributed by atoms with Gasteiger partial charge in [0, 0.05) is 6.42 Å². The molecule has 7 nitrogen and oxygen atoms in total. The third-order valence-corrected chi connectivity index (χ3v) is 3.01. The quantitative estimate of drug-likeness (QED) is 0.597. The summed E-state index contributed by atoms with van der Waals surface area (Å²) in [5.41, 5.74) is 1.40. The van der Waals surface area contributed by atoms with Gasteiger partial charge in [0.1, 0.15) is 0 Å². The first-order valence-electron chi connectivity index (χ1n) is 6.28. The fraction of sp³-hybridized carbons (Fsp3) is 0.286. The second-order valence-corrected chi connectivity index (χ2v) is 4.28. The van der Waals surface area contributed by atoms with E-state index in [2.05, 4.69) is 19.8 Å². The SMILES string of the molecule is COC(=O)C(Cc1cnnn1-c1ccccc1)C(=O)OC. The molecular formula is C14H15N3O4. The maximum Gasteiger partial charge on any atom is 0.320 e. The summed E-state index contributed by atoms with van der Waals surface area (Å²) in [6, 6.07) is 9.30. The Hall–Kier alpha value is -2.70. The molecule has 1 heterocycles. The zero-order valence-corrected chi connectivity index (χ0v) is 11.7. The van der Waals surface area contributed by atoms with Gasteiger partial charge < -0.3 is 9.47 Å². The molecule has 0 amide bonds. The van der Waals surface area contributed by atoms with Crippen molar-refractivity contribution in [2.24, 2.45) is 5.92 Å². The number of methoxy groups -OCH3 is 2. The van der Waals surface area contributed by atoms with E-state index in [0.29, 0.717) is 5.69 Å². The summed E-state index contributed by atoms with van der Waals surface area (Å²) in [5, 5.41) is 7.80. The largest absolute Gasteiger partial charge is 0.468 e. The van der Waals surface area contributed by atoms with Crippen LogP contribution < -0.4 is 0 Å². The lowest BCUT2D eigenvalue weighted by molar-refractivity contribution is -0.158. The highest BCUT2D eigenvalue weighted by atomic mass is 16.5. The standard InChI is InChI=1S/C14H15N3O4/c1-20-13(18)12(14(19)21-2)8-11-9-15-16-17(11)10-6-4-3-5-7-10/h3-7,9,12H,8H2,1-2H3. The summed E-state index contributed by atoms with van der Waals surface area (Å²) in [6.07, 6.45) is 1.60. The number of benzene rings is 1. The van der Waals surface area contributed by atoms with Gasteiger partial charge >= 0.3 is 11.9 Å². The molecular weight excluding hydrogens is 274 g/mol. The van der Waals surface area contributed by atoms with Gasteiger partial charge in [0.25, 0.3) is 0 Å². The molecule has 0 aliphatic rings. The summed E-state index contributed by atoms with van der Waals surface area (Å²) >= 11 is 0. The first-order chi connectivity index (χ1) is 10.2. The fourth-order valence-electron chi connectivity index (χ4n) is 1.94. The van der Waals surface area contributed by atoms with Crippen molar-refractivity contribution in [2.45, 2.75) is 6.42 Å². The first kappa shape index (κ1) is 14.7. The smallest absolute Gasteiger partial charge is 0.320 e. The lowest BCUT2D eigenvalue weighted by Crippen LogP contribution is -2.29. The van der Waals surface area contributed by atoms with E-state index in [1.165, 1.54) is 20.4 Å². The van der Waals surface area contributed by atoms with E-state index >= 15 is 0 Å². The van der Waals surface area contributed by atoms with Gasteiger partial charge in [0.05, 0.1) is 31.8 Å². The third-order valence-electron chi connectivity index (χ3n) is 3.01. The molecule has 2 aromatic rings. The molecule has 0 aliphatic carbocycles. The maximum atomic E-state index is 11.7. The monoisotopic (exact) mass is 289 g/mol. The molecule has 1 aromatic carbocycles. The van der Waals surface area contributed by atoms with E-state index in [9.17, 15) is 9.59 Å². The molecule has 0 aliphatic heterocycles. The van der Waals surface area contributed by atoms with E-state index in [0.717, 1.165) is 5.69 Å². The number of nitrogens with zero attached hydrogens (tertiary/aromatic N) is 3. The Balaban J connectivity index is 2.29. The van der Waals surface area contributed by atoms with Crippen LogP contribution in [0.1, 0.15) is 5.69 Å². The highest BCUT2D eigenvalue weighted by molar-refractivity contribution is 5.95. The lowest BCUT2D eigenvalue weighted by atomic mass is 10.0. The molecule has 0 N–H and O–H groups in total. The van der Waals surface area contributed by atoms with Crippen molar-refractivity contribution < 1.29 is 19.1 Å². The van der Waals surface area contributed by atoms with Crippen LogP contribution in [-0.2, 0) is 25.5 Å². The number of rotatable bonds is 5. The van der Waals surface area contributed by atoms with Crippen LogP contribution in [0, 0.1) is 5.92 Å². The van der Waals surface area contributed by atoms with Crippen molar-refractivity contribution in [1.29, 1.82) is 0 Å². The van der Waals surface area contributed by atoms with Crippen LogP contribution in [0.25, 0.3) is 5.69 Å². The molecule has 21 heavy (non-hydrogen) atoms. The number of carbonyl (C=O) groups excluding carboxylic acids is 2. The predicted molar refractivity (Wildman–Crippen MR) is 72.6 cm³/mol. The van der Waals surface area contributed by atoms with Gasteiger partial charge in [0.2, 0.25) is 0 Å². The molecule has 0 saturated heterocycles. The number of esters is 2. The first-order valence-corrected chi connectivity index (χ1v) is 6.28. The van der Waals surface area contributed by atoms with Gasteiger partial charge in [-0.3, -0.25) is 9.59 Å². The highest BCUT2D eigenvalue weighted by Crippen LogP contribution is 2.15. The molecule has 0 radical (unpaired) electrons. The number of aromatic nitrogens is 3. The second kappa shape index (κ2) is 6.65. The Morgan fingerprint density at radius 1 is 1.14 bits per heavy atom. The van der Waals surface area contributed by atoms with Crippen LogP contribution in [0.3, 0.4) is 0 Å². The summed E-state index contributed by atoms with van der Waals surface area (Å²) in [4.78, 5) is 23.4. The molecule has 0 bridgehead atoms. The van der Waals surface area contributed by atoms with Gasteiger partial charge in [-0.1, -0.05) is 23.4 Å². The lowest BCUT2D eigenvalue weighted by Gasteiger charge is -2.13. The van der Waals surface area contributed by atoms with E-state index in [1.807, 2.05) is 30.3 Å². The minimum atomic E-state index is -1.04. The average Bonchev–Trinajstić information content (AvgIpc) is 3.00. The van der Waals surface area contributed by atoms with Gasteiger partial charge in [0.15, 0.2) is 5.92 Å². The van der Waals surface area contributed by atoms with E-state index in [1.54, 1.807) is 4.68 Å². The summed E-state index contributed by atoms with van der Waals surface area (Å²) < 4.78 is 10.8. The number of para-hydroxylation sites is 1. The minimum absolute atomic E-state index is 0.0985. The number of hydrogen-bond acceptors (Lipinski definition) is 6. The molecule has 1 aromatic heterocycles. The fourth-order valence-corrected chi connectivity index (χ4v) is 1.94. The van der Waals surface area contributed by atoms with Crippen molar-refractivity contribution in [1.82, 2.24) is 15.0 Å². The van der Waals surface area contributed by atoms with Gasteiger partial charge in [-0.15, -0.1) is 5.10 Å². The minimum Gasteiger partial charge on any atom is -0.468 e. The zero-order chi connectivity index (χ0) is 15.2. The Labute approximate surface area is 121 Å². The molecule has 110 valence electrons. The Kier molecular flexibility index (Phi) is 4.65. The molecule has 0 unspecified atom stereocenters. The summed E-state index contributed by atoms with van der Waals surface area (Å²) in [6.45, 7) is 0. The third kappa shape index (κ3) is 3.25. The molecule has 0 saturated carbocycles. The van der Waals surface area contributed by atoms with Crippen LogP contribution >= 0.6 is 0 Å². The maximum absolute atomic E-state index is 11.7. The van der Waals surface area contributed by atoms with Gasteiger partial charge in [-0.05, 0) is 12.1 Å². The second-order valence-electron chi connectivity index (χ2n) is 4.28. The Bertz CT molecular complexity index is 608. The van der Waals surface area contributed by atoms with Crippen molar-refractivity contribution in [3.05, 3.63) is 42.2 Å². The molecule has 2 rings (SSSR count). The molecule has 0 atom stereocenters. The normalized spacial score (nSPS) is 10.4. The van der Waals surface area contributed by atoms with E-state index in [4.69, 9.17) is 0 Å². The van der Waals surface area contributed by atoms with Crippen molar-refractivity contribution >= 4 is 11.9 Å². The van der Waals surface area contributed by atoms with E-state index in [-0.39, 0.29) is 6.42 Å². The van der Waals surface area contributed by atoms with Crippen LogP contribution in [0.4, 0.5) is 0 Å². The van der Waals surface area contributed by atoms with Crippen molar-refractivity contribution in [3.8, 4) is 5.69 Å². The molecule has 7 heteroatoms. The van der Waals surface area contributed by atoms with Gasteiger partial charge in [-0.2, -0.15) is 0 Å². The van der Waals surface area contributed by atoms with E-state index < -0.39 is 17.9 Å². The number of hydrogen-bond donors (Lipinski definition) is 0. The summed E-state index contributed by atoms with van der Waals surface area (Å²) in [5.74, 6) is -2.34.